The maximum atomic E-state index is 12.4. The summed E-state index contributed by atoms with van der Waals surface area (Å²) in [5.41, 5.74) is 2.96. The van der Waals surface area contributed by atoms with Gasteiger partial charge in [0, 0.05) is 24.4 Å². The van der Waals surface area contributed by atoms with E-state index in [9.17, 15) is 9.59 Å². The molecule has 0 unspecified atom stereocenters. The minimum Gasteiger partial charge on any atom is -0.441 e. The van der Waals surface area contributed by atoms with Crippen molar-refractivity contribution in [3.63, 3.8) is 0 Å². The van der Waals surface area contributed by atoms with Gasteiger partial charge in [-0.05, 0) is 29.8 Å². The first-order valence-corrected chi connectivity index (χ1v) is 8.07. The lowest BCUT2D eigenvalue weighted by molar-refractivity contribution is 0.102. The normalized spacial score (nSPS) is 10.8. The van der Waals surface area contributed by atoms with Gasteiger partial charge in [0.1, 0.15) is 11.1 Å². The Hall–Kier alpha value is -3.67. The molecule has 26 heavy (non-hydrogen) atoms. The molecule has 4 rings (SSSR count). The Morgan fingerprint density at radius 1 is 1.08 bits per heavy atom. The molecule has 0 radical (unpaired) electrons. The third-order valence-electron chi connectivity index (χ3n) is 3.99. The van der Waals surface area contributed by atoms with Crippen molar-refractivity contribution in [3.05, 3.63) is 82.5 Å². The summed E-state index contributed by atoms with van der Waals surface area (Å²) in [5, 5.41) is 2.71. The molecule has 128 valence electrons. The number of hydrogen-bond acceptors (Lipinski definition) is 4. The number of oxazole rings is 1. The molecule has 0 atom stereocenters. The van der Waals surface area contributed by atoms with Crippen LogP contribution in [0.4, 0.5) is 5.69 Å². The van der Waals surface area contributed by atoms with Crippen LogP contribution in [0.2, 0.25) is 0 Å². The number of H-pyrrole nitrogens is 1. The number of benzene rings is 2. The average Bonchev–Trinajstić information content (AvgIpc) is 3.01. The van der Waals surface area contributed by atoms with Crippen LogP contribution in [0.1, 0.15) is 16.2 Å². The number of carbonyl (C=O) groups excluding carboxylic acids is 1. The molecule has 4 aromatic rings. The summed E-state index contributed by atoms with van der Waals surface area (Å²) in [6.07, 6.45) is 0. The Kier molecular flexibility index (Phi) is 3.85. The second kappa shape index (κ2) is 6.33. The van der Waals surface area contributed by atoms with Crippen LogP contribution < -0.4 is 10.9 Å². The third kappa shape index (κ3) is 3.00. The van der Waals surface area contributed by atoms with Crippen molar-refractivity contribution in [2.24, 2.45) is 0 Å². The lowest BCUT2D eigenvalue weighted by Gasteiger charge is -2.06. The van der Waals surface area contributed by atoms with E-state index in [-0.39, 0.29) is 5.56 Å². The monoisotopic (exact) mass is 345 g/mol. The van der Waals surface area contributed by atoms with Crippen LogP contribution in [0.5, 0.6) is 0 Å². The molecule has 0 fully saturated rings. The van der Waals surface area contributed by atoms with Crippen molar-refractivity contribution in [1.82, 2.24) is 9.97 Å². The van der Waals surface area contributed by atoms with E-state index in [2.05, 4.69) is 15.3 Å². The van der Waals surface area contributed by atoms with E-state index >= 15 is 0 Å². The van der Waals surface area contributed by atoms with Crippen LogP contribution >= 0.6 is 0 Å². The fourth-order valence-electron chi connectivity index (χ4n) is 2.75. The summed E-state index contributed by atoms with van der Waals surface area (Å²) in [6.45, 7) is 1.76. The van der Waals surface area contributed by atoms with E-state index in [4.69, 9.17) is 4.42 Å². The SMILES string of the molecule is Cc1nc2ccc(NC(=O)c3ccc(-c4ccccc4)[nH]c3=O)cc2o1. The predicted molar refractivity (Wildman–Crippen MR) is 99.2 cm³/mol. The highest BCUT2D eigenvalue weighted by Crippen LogP contribution is 2.20. The quantitative estimate of drug-likeness (QED) is 0.592. The fourth-order valence-corrected chi connectivity index (χ4v) is 2.75. The molecular formula is C20H15N3O3. The second-order valence-corrected chi connectivity index (χ2v) is 5.85. The lowest BCUT2D eigenvalue weighted by atomic mass is 10.1. The largest absolute Gasteiger partial charge is 0.441 e. The summed E-state index contributed by atoms with van der Waals surface area (Å²) < 4.78 is 5.45. The van der Waals surface area contributed by atoms with E-state index in [1.807, 2.05) is 30.3 Å². The number of fused-ring (bicyclic) bond motifs is 1. The zero-order chi connectivity index (χ0) is 18.1. The first kappa shape index (κ1) is 15.8. The average molecular weight is 345 g/mol. The van der Waals surface area contributed by atoms with Gasteiger partial charge in [-0.3, -0.25) is 9.59 Å². The second-order valence-electron chi connectivity index (χ2n) is 5.85. The van der Waals surface area contributed by atoms with E-state index in [1.54, 1.807) is 31.2 Å². The van der Waals surface area contributed by atoms with Gasteiger partial charge in [0.15, 0.2) is 11.5 Å². The molecule has 2 aromatic heterocycles. The summed E-state index contributed by atoms with van der Waals surface area (Å²) in [4.78, 5) is 31.7. The highest BCUT2D eigenvalue weighted by atomic mass is 16.3. The number of nitrogens with zero attached hydrogens (tertiary/aromatic N) is 1. The fraction of sp³-hybridized carbons (Fsp3) is 0.0500. The van der Waals surface area contributed by atoms with Gasteiger partial charge in [-0.1, -0.05) is 30.3 Å². The number of pyridine rings is 1. The van der Waals surface area contributed by atoms with Crippen molar-refractivity contribution in [2.75, 3.05) is 5.32 Å². The van der Waals surface area contributed by atoms with Crippen molar-refractivity contribution < 1.29 is 9.21 Å². The summed E-state index contributed by atoms with van der Waals surface area (Å²) in [5.74, 6) is 0.0675. The summed E-state index contributed by atoms with van der Waals surface area (Å²) >= 11 is 0. The number of anilines is 1. The molecule has 2 aromatic carbocycles. The molecule has 6 heteroatoms. The Labute approximate surface area is 148 Å². The van der Waals surface area contributed by atoms with Crippen LogP contribution in [-0.2, 0) is 0 Å². The number of rotatable bonds is 3. The van der Waals surface area contributed by atoms with Gasteiger partial charge >= 0.3 is 0 Å². The lowest BCUT2D eigenvalue weighted by Crippen LogP contribution is -2.23. The van der Waals surface area contributed by atoms with E-state index in [1.165, 1.54) is 6.07 Å². The Balaban J connectivity index is 1.60. The molecular weight excluding hydrogens is 330 g/mol. The van der Waals surface area contributed by atoms with Gasteiger partial charge in [0.2, 0.25) is 0 Å². The summed E-state index contributed by atoms with van der Waals surface area (Å²) in [7, 11) is 0. The van der Waals surface area contributed by atoms with Crippen LogP contribution in [0, 0.1) is 6.92 Å². The van der Waals surface area contributed by atoms with Gasteiger partial charge in [-0.2, -0.15) is 0 Å². The number of aromatic nitrogens is 2. The van der Waals surface area contributed by atoms with Gasteiger partial charge in [-0.15, -0.1) is 0 Å². The maximum Gasteiger partial charge on any atom is 0.261 e. The maximum absolute atomic E-state index is 12.4. The van der Waals surface area contributed by atoms with E-state index in [0.29, 0.717) is 28.4 Å². The highest BCUT2D eigenvalue weighted by molar-refractivity contribution is 6.04. The molecule has 0 aliphatic heterocycles. The standard InChI is InChI=1S/C20H15N3O3/c1-12-21-17-9-7-14(11-18(17)26-12)22-19(24)15-8-10-16(23-20(15)25)13-5-3-2-4-6-13/h2-11H,1H3,(H,22,24)(H,23,25). The van der Waals surface area contributed by atoms with E-state index in [0.717, 1.165) is 5.56 Å². The Morgan fingerprint density at radius 2 is 1.88 bits per heavy atom. The topological polar surface area (TPSA) is 88.0 Å². The number of aryl methyl sites for hydroxylation is 1. The third-order valence-corrected chi connectivity index (χ3v) is 3.99. The summed E-state index contributed by atoms with van der Waals surface area (Å²) in [6, 6.07) is 17.8. The van der Waals surface area contributed by atoms with Gasteiger partial charge in [0.05, 0.1) is 0 Å². The number of carbonyl (C=O) groups is 1. The number of aromatic amines is 1. The van der Waals surface area contributed by atoms with Crippen molar-refractivity contribution in [3.8, 4) is 11.3 Å². The van der Waals surface area contributed by atoms with Gasteiger partial charge < -0.3 is 14.7 Å². The van der Waals surface area contributed by atoms with Crippen LogP contribution in [-0.4, -0.2) is 15.9 Å². The van der Waals surface area contributed by atoms with Crippen molar-refractivity contribution in [1.29, 1.82) is 0 Å². The zero-order valence-corrected chi connectivity index (χ0v) is 13.9. The predicted octanol–water partition coefficient (Wildman–Crippen LogP) is 3.74. The van der Waals surface area contributed by atoms with Gasteiger partial charge in [-0.25, -0.2) is 4.98 Å². The molecule has 0 spiro atoms. The smallest absolute Gasteiger partial charge is 0.261 e. The molecule has 0 aliphatic carbocycles. The molecule has 0 aliphatic rings. The molecule has 1 amide bonds. The van der Waals surface area contributed by atoms with E-state index < -0.39 is 11.5 Å². The van der Waals surface area contributed by atoms with Crippen molar-refractivity contribution >= 4 is 22.7 Å². The number of amides is 1. The number of hydrogen-bond donors (Lipinski definition) is 2. The van der Waals surface area contributed by atoms with Crippen molar-refractivity contribution in [2.45, 2.75) is 6.92 Å². The molecule has 0 bridgehead atoms. The molecule has 0 saturated heterocycles. The van der Waals surface area contributed by atoms with Crippen LogP contribution in [0.3, 0.4) is 0 Å². The number of nitrogens with one attached hydrogen (secondary N) is 2. The van der Waals surface area contributed by atoms with Gasteiger partial charge in [0.25, 0.3) is 11.5 Å². The minimum atomic E-state index is -0.485. The Bertz CT molecular complexity index is 1160. The van der Waals surface area contributed by atoms with Crippen LogP contribution in [0.25, 0.3) is 22.4 Å². The zero-order valence-electron chi connectivity index (χ0n) is 13.9. The molecule has 2 N–H and O–H groups in total. The molecule has 6 nitrogen and oxygen atoms in total. The first-order valence-electron chi connectivity index (χ1n) is 8.07. The molecule has 2 heterocycles. The van der Waals surface area contributed by atoms with Crippen LogP contribution in [0.15, 0.2) is 69.9 Å². The molecule has 0 saturated carbocycles. The minimum absolute atomic E-state index is 0.0403. The highest BCUT2D eigenvalue weighted by Gasteiger charge is 2.13. The Morgan fingerprint density at radius 3 is 2.65 bits per heavy atom. The first-order chi connectivity index (χ1) is 12.6.